The zero-order chi connectivity index (χ0) is 31.0. The minimum Gasteiger partial charge on any atom is -0.493 e. The van der Waals surface area contributed by atoms with Gasteiger partial charge in [0.05, 0.1) is 24.8 Å². The maximum absolute atomic E-state index is 13.4. The molecule has 2 saturated heterocycles. The van der Waals surface area contributed by atoms with Gasteiger partial charge in [0, 0.05) is 23.2 Å². The minimum atomic E-state index is -0.0809. The number of hydrogen-bond acceptors (Lipinski definition) is 7. The molecule has 6 rings (SSSR count). The predicted molar refractivity (Wildman–Crippen MR) is 179 cm³/mol. The number of ketones is 1. The van der Waals surface area contributed by atoms with Crippen molar-refractivity contribution < 1.29 is 19.0 Å². The fraction of sp³-hybridized carbons (Fsp3) is 0.421. The first-order valence-corrected chi connectivity index (χ1v) is 16.5. The molecule has 2 aliphatic heterocycles. The average molecular weight is 608 g/mol. The second-order valence-corrected chi connectivity index (χ2v) is 12.4. The molecule has 7 heteroatoms. The number of rotatable bonds is 12. The fourth-order valence-corrected chi connectivity index (χ4v) is 6.85. The molecule has 1 N–H and O–H groups in total. The van der Waals surface area contributed by atoms with Crippen molar-refractivity contribution in [2.45, 2.75) is 45.4 Å². The second-order valence-electron chi connectivity index (χ2n) is 12.4. The van der Waals surface area contributed by atoms with E-state index in [1.807, 2.05) is 73.7 Å². The molecule has 2 aliphatic rings. The molecule has 4 aromatic rings. The lowest BCUT2D eigenvalue weighted by molar-refractivity contribution is 0.103. The van der Waals surface area contributed by atoms with Crippen molar-refractivity contribution in [3.05, 3.63) is 89.6 Å². The zero-order valence-corrected chi connectivity index (χ0v) is 26.6. The SMILES string of the molecule is COc1cc2c(Oc3ccc(C)cc3C(=O)c3ccccc3)ccnc2cc1OCCCCN1CCC(C2CCNCC2)CC1. The lowest BCUT2D eigenvalue weighted by Gasteiger charge is -2.37. The Labute approximate surface area is 266 Å². The third-order valence-corrected chi connectivity index (χ3v) is 9.43. The number of piperidine rings is 2. The summed E-state index contributed by atoms with van der Waals surface area (Å²) in [6, 6.07) is 20.6. The highest BCUT2D eigenvalue weighted by Crippen LogP contribution is 2.38. The number of ether oxygens (including phenoxy) is 3. The number of unbranched alkanes of at least 4 members (excludes halogenated alkanes) is 1. The number of hydrogen-bond donors (Lipinski definition) is 1. The fourth-order valence-electron chi connectivity index (χ4n) is 6.85. The van der Waals surface area contributed by atoms with Gasteiger partial charge in [-0.25, -0.2) is 0 Å². The maximum Gasteiger partial charge on any atom is 0.196 e. The van der Waals surface area contributed by atoms with Gasteiger partial charge in [-0.1, -0.05) is 42.0 Å². The molecule has 236 valence electrons. The lowest BCUT2D eigenvalue weighted by atomic mass is 9.79. The number of pyridine rings is 1. The first-order valence-electron chi connectivity index (χ1n) is 16.5. The third kappa shape index (κ3) is 7.66. The van der Waals surface area contributed by atoms with Gasteiger partial charge in [-0.05, 0) is 114 Å². The van der Waals surface area contributed by atoms with Crippen LogP contribution < -0.4 is 19.5 Å². The van der Waals surface area contributed by atoms with Crippen molar-refractivity contribution in [1.29, 1.82) is 0 Å². The summed E-state index contributed by atoms with van der Waals surface area (Å²) in [5.74, 6) is 4.17. The zero-order valence-electron chi connectivity index (χ0n) is 26.6. The number of benzene rings is 3. The van der Waals surface area contributed by atoms with Crippen molar-refractivity contribution >= 4 is 16.7 Å². The molecule has 45 heavy (non-hydrogen) atoms. The Bertz CT molecular complexity index is 1580. The Hall–Kier alpha value is -3.94. The van der Waals surface area contributed by atoms with Gasteiger partial charge in [0.1, 0.15) is 11.5 Å². The van der Waals surface area contributed by atoms with Crippen LogP contribution in [0.25, 0.3) is 10.9 Å². The molecule has 2 fully saturated rings. The molecule has 3 heterocycles. The summed E-state index contributed by atoms with van der Waals surface area (Å²) in [5.41, 5.74) is 2.86. The molecule has 3 aromatic carbocycles. The average Bonchev–Trinajstić information content (AvgIpc) is 3.09. The van der Waals surface area contributed by atoms with E-state index in [4.69, 9.17) is 14.2 Å². The highest BCUT2D eigenvalue weighted by atomic mass is 16.5. The molecule has 0 amide bonds. The van der Waals surface area contributed by atoms with E-state index in [1.54, 1.807) is 13.3 Å². The Kier molecular flexibility index (Phi) is 10.3. The van der Waals surface area contributed by atoms with Gasteiger partial charge in [-0.15, -0.1) is 0 Å². The van der Waals surface area contributed by atoms with Gasteiger partial charge in [-0.3, -0.25) is 9.78 Å². The summed E-state index contributed by atoms with van der Waals surface area (Å²) < 4.78 is 18.4. The van der Waals surface area contributed by atoms with Crippen molar-refractivity contribution in [3.8, 4) is 23.0 Å². The van der Waals surface area contributed by atoms with Crippen LogP contribution in [0.15, 0.2) is 72.9 Å². The number of carbonyl (C=O) groups is 1. The van der Waals surface area contributed by atoms with Crippen LogP contribution in [-0.4, -0.2) is 62.1 Å². The molecule has 0 bridgehead atoms. The number of aromatic nitrogens is 1. The highest BCUT2D eigenvalue weighted by molar-refractivity contribution is 6.11. The van der Waals surface area contributed by atoms with Gasteiger partial charge >= 0.3 is 0 Å². The van der Waals surface area contributed by atoms with E-state index in [1.165, 1.54) is 51.9 Å². The molecule has 0 saturated carbocycles. The first kappa shape index (κ1) is 31.1. The quantitative estimate of drug-likeness (QED) is 0.133. The maximum atomic E-state index is 13.4. The summed E-state index contributed by atoms with van der Waals surface area (Å²) in [5, 5.41) is 4.29. The summed E-state index contributed by atoms with van der Waals surface area (Å²) >= 11 is 0. The molecular weight excluding hydrogens is 562 g/mol. The molecule has 0 unspecified atom stereocenters. The Morgan fingerprint density at radius 3 is 2.42 bits per heavy atom. The van der Waals surface area contributed by atoms with E-state index < -0.39 is 0 Å². The second kappa shape index (κ2) is 14.9. The van der Waals surface area contributed by atoms with Gasteiger partial charge in [-0.2, -0.15) is 0 Å². The third-order valence-electron chi connectivity index (χ3n) is 9.43. The standard InChI is InChI=1S/C38H45N3O4/c1-27-10-11-34(32(24-27)38(42)30-8-4-3-5-9-30)45-35-14-19-40-33-26-37(36(43-2)25-31(33)35)44-23-7-6-20-41-21-15-29(16-22-41)28-12-17-39-18-13-28/h3-5,8-11,14,19,24-26,28-29,39H,6-7,12-13,15-18,20-23H2,1-2H3. The van der Waals surface area contributed by atoms with Crippen molar-refractivity contribution in [3.63, 3.8) is 0 Å². The molecule has 0 radical (unpaired) electrons. The van der Waals surface area contributed by atoms with E-state index in [9.17, 15) is 4.79 Å². The largest absolute Gasteiger partial charge is 0.493 e. The number of aryl methyl sites for hydroxylation is 1. The van der Waals surface area contributed by atoms with Gasteiger partial charge in [0.25, 0.3) is 0 Å². The Morgan fingerprint density at radius 1 is 0.867 bits per heavy atom. The van der Waals surface area contributed by atoms with Crippen LogP contribution in [0.1, 0.15) is 60.0 Å². The summed E-state index contributed by atoms with van der Waals surface area (Å²) in [6.45, 7) is 8.58. The molecule has 0 spiro atoms. The van der Waals surface area contributed by atoms with Crippen LogP contribution in [0.3, 0.4) is 0 Å². The van der Waals surface area contributed by atoms with Crippen molar-refractivity contribution in [1.82, 2.24) is 15.2 Å². The number of methoxy groups -OCH3 is 1. The summed E-state index contributed by atoms with van der Waals surface area (Å²) in [4.78, 5) is 20.6. The summed E-state index contributed by atoms with van der Waals surface area (Å²) in [7, 11) is 1.65. The number of carbonyl (C=O) groups excluding carboxylic acids is 1. The lowest BCUT2D eigenvalue weighted by Crippen LogP contribution is -2.39. The Morgan fingerprint density at radius 2 is 1.64 bits per heavy atom. The molecular formula is C38H45N3O4. The van der Waals surface area contributed by atoms with Crippen LogP contribution in [0.2, 0.25) is 0 Å². The normalized spacial score (nSPS) is 16.5. The van der Waals surface area contributed by atoms with Crippen LogP contribution >= 0.6 is 0 Å². The molecule has 1 aromatic heterocycles. The topological polar surface area (TPSA) is 72.9 Å². The van der Waals surface area contributed by atoms with E-state index in [0.29, 0.717) is 40.7 Å². The summed E-state index contributed by atoms with van der Waals surface area (Å²) in [6.07, 6.45) is 9.23. The van der Waals surface area contributed by atoms with Crippen LogP contribution in [0.5, 0.6) is 23.0 Å². The van der Waals surface area contributed by atoms with E-state index in [2.05, 4.69) is 15.2 Å². The Balaban J connectivity index is 1.07. The van der Waals surface area contributed by atoms with Crippen LogP contribution in [-0.2, 0) is 0 Å². The van der Waals surface area contributed by atoms with E-state index in [0.717, 1.165) is 47.7 Å². The number of fused-ring (bicyclic) bond motifs is 1. The van der Waals surface area contributed by atoms with Gasteiger partial charge in [0.15, 0.2) is 17.3 Å². The van der Waals surface area contributed by atoms with Gasteiger partial charge in [0.2, 0.25) is 0 Å². The highest BCUT2D eigenvalue weighted by Gasteiger charge is 2.27. The van der Waals surface area contributed by atoms with Crippen LogP contribution in [0, 0.1) is 18.8 Å². The molecule has 0 aliphatic carbocycles. The monoisotopic (exact) mass is 607 g/mol. The molecule has 7 nitrogen and oxygen atoms in total. The first-order chi connectivity index (χ1) is 22.1. The van der Waals surface area contributed by atoms with Gasteiger partial charge < -0.3 is 24.4 Å². The molecule has 0 atom stereocenters. The smallest absolute Gasteiger partial charge is 0.196 e. The van der Waals surface area contributed by atoms with Crippen LogP contribution in [0.4, 0.5) is 0 Å². The van der Waals surface area contributed by atoms with Crippen molar-refractivity contribution in [2.75, 3.05) is 46.4 Å². The van der Waals surface area contributed by atoms with Crippen molar-refractivity contribution in [2.24, 2.45) is 11.8 Å². The van der Waals surface area contributed by atoms with E-state index >= 15 is 0 Å². The minimum absolute atomic E-state index is 0.0809. The number of nitrogens with one attached hydrogen (secondary N) is 1. The number of likely N-dealkylation sites (tertiary alicyclic amines) is 1. The predicted octanol–water partition coefficient (Wildman–Crippen LogP) is 7.45. The number of nitrogens with zero attached hydrogens (tertiary/aromatic N) is 2. The van der Waals surface area contributed by atoms with E-state index in [-0.39, 0.29) is 5.78 Å².